The van der Waals surface area contributed by atoms with Crippen molar-refractivity contribution in [2.75, 3.05) is 44.7 Å². The Morgan fingerprint density at radius 1 is 1.15 bits per heavy atom. The van der Waals surface area contributed by atoms with Gasteiger partial charge in [-0.15, -0.1) is 11.3 Å². The van der Waals surface area contributed by atoms with Gasteiger partial charge in [-0.1, -0.05) is 18.2 Å². The van der Waals surface area contributed by atoms with Crippen LogP contribution < -0.4 is 10.2 Å². The number of aromatic nitrogens is 1. The fourth-order valence-corrected chi connectivity index (χ4v) is 4.08. The predicted octanol–water partition coefficient (Wildman–Crippen LogP) is 3.17. The van der Waals surface area contributed by atoms with Gasteiger partial charge in [0.25, 0.3) is 0 Å². The molecule has 26 heavy (non-hydrogen) atoms. The highest BCUT2D eigenvalue weighted by atomic mass is 32.1. The van der Waals surface area contributed by atoms with E-state index in [0.29, 0.717) is 0 Å². The average Bonchev–Trinajstić information content (AvgIpc) is 3.11. The molecule has 0 saturated carbocycles. The first-order valence-corrected chi connectivity index (χ1v) is 10.3. The van der Waals surface area contributed by atoms with Crippen LogP contribution in [0.15, 0.2) is 40.7 Å². The van der Waals surface area contributed by atoms with Crippen molar-refractivity contribution in [3.05, 3.63) is 46.4 Å². The van der Waals surface area contributed by atoms with Crippen LogP contribution in [0.25, 0.3) is 0 Å². The molecule has 1 aromatic heterocycles. The van der Waals surface area contributed by atoms with Gasteiger partial charge in [-0.3, -0.25) is 4.99 Å². The van der Waals surface area contributed by atoms with E-state index in [4.69, 9.17) is 0 Å². The van der Waals surface area contributed by atoms with Crippen molar-refractivity contribution in [3.8, 4) is 0 Å². The first kappa shape index (κ1) is 18.7. The lowest BCUT2D eigenvalue weighted by molar-refractivity contribution is 0.372. The van der Waals surface area contributed by atoms with Crippen LogP contribution in [-0.4, -0.2) is 55.6 Å². The number of thiazole rings is 1. The molecule has 6 heteroatoms. The van der Waals surface area contributed by atoms with Crippen molar-refractivity contribution in [2.24, 2.45) is 4.99 Å². The standard InChI is InChI=1S/C20H29N5S/c1-17-16-26-19(23-17)10-6-7-11-22-20(21-2)25-14-12-24(13-15-25)18-8-4-3-5-9-18/h3-5,8-9,16H,6-7,10-15H2,1-2H3,(H,21,22). The van der Waals surface area contributed by atoms with Gasteiger partial charge in [0.15, 0.2) is 5.96 Å². The molecule has 1 fully saturated rings. The van der Waals surface area contributed by atoms with Crippen molar-refractivity contribution < 1.29 is 0 Å². The summed E-state index contributed by atoms with van der Waals surface area (Å²) in [4.78, 5) is 13.8. The molecule has 2 heterocycles. The third kappa shape index (κ3) is 5.21. The molecule has 2 aromatic rings. The zero-order valence-electron chi connectivity index (χ0n) is 15.8. The summed E-state index contributed by atoms with van der Waals surface area (Å²) in [6.45, 7) is 7.11. The fraction of sp³-hybridized carbons (Fsp3) is 0.500. The lowest BCUT2D eigenvalue weighted by Crippen LogP contribution is -2.52. The summed E-state index contributed by atoms with van der Waals surface area (Å²) in [5.74, 6) is 1.03. The number of hydrogen-bond acceptors (Lipinski definition) is 4. The monoisotopic (exact) mass is 371 g/mol. The van der Waals surface area contributed by atoms with Crippen molar-refractivity contribution in [2.45, 2.75) is 26.2 Å². The molecule has 1 aromatic carbocycles. The maximum atomic E-state index is 4.53. The van der Waals surface area contributed by atoms with Crippen molar-refractivity contribution in [3.63, 3.8) is 0 Å². The van der Waals surface area contributed by atoms with Crippen LogP contribution in [0.1, 0.15) is 23.5 Å². The molecule has 0 amide bonds. The van der Waals surface area contributed by atoms with Gasteiger partial charge in [-0.2, -0.15) is 0 Å². The van der Waals surface area contributed by atoms with Crippen LogP contribution >= 0.6 is 11.3 Å². The Labute approximate surface area is 160 Å². The van der Waals surface area contributed by atoms with E-state index >= 15 is 0 Å². The Morgan fingerprint density at radius 3 is 2.58 bits per heavy atom. The van der Waals surface area contributed by atoms with E-state index in [0.717, 1.165) is 57.2 Å². The van der Waals surface area contributed by atoms with E-state index in [-0.39, 0.29) is 0 Å². The van der Waals surface area contributed by atoms with E-state index in [1.54, 1.807) is 11.3 Å². The summed E-state index contributed by atoms with van der Waals surface area (Å²) in [6.07, 6.45) is 3.38. The van der Waals surface area contributed by atoms with Crippen molar-refractivity contribution in [1.82, 2.24) is 15.2 Å². The molecule has 0 bridgehead atoms. The minimum absolute atomic E-state index is 0.968. The summed E-state index contributed by atoms with van der Waals surface area (Å²) in [6, 6.07) is 10.7. The SMILES string of the molecule is CN=C(NCCCCc1nc(C)cs1)N1CCN(c2ccccc2)CC1. The van der Waals surface area contributed by atoms with E-state index in [1.165, 1.54) is 17.1 Å². The maximum Gasteiger partial charge on any atom is 0.193 e. The number of para-hydroxylation sites is 1. The van der Waals surface area contributed by atoms with Crippen LogP contribution in [-0.2, 0) is 6.42 Å². The molecule has 0 atom stereocenters. The smallest absolute Gasteiger partial charge is 0.193 e. The molecule has 1 saturated heterocycles. The van der Waals surface area contributed by atoms with Crippen LogP contribution in [0, 0.1) is 6.92 Å². The highest BCUT2D eigenvalue weighted by Crippen LogP contribution is 2.15. The zero-order valence-corrected chi connectivity index (χ0v) is 16.6. The number of aliphatic imine (C=N–C) groups is 1. The normalized spacial score (nSPS) is 15.4. The molecular weight excluding hydrogens is 342 g/mol. The van der Waals surface area contributed by atoms with Gasteiger partial charge >= 0.3 is 0 Å². The summed E-state index contributed by atoms with van der Waals surface area (Å²) in [5.41, 5.74) is 2.45. The quantitative estimate of drug-likeness (QED) is 0.481. The molecule has 0 unspecified atom stereocenters. The minimum Gasteiger partial charge on any atom is -0.368 e. The van der Waals surface area contributed by atoms with Crippen molar-refractivity contribution in [1.29, 1.82) is 0 Å². The van der Waals surface area contributed by atoms with E-state index < -0.39 is 0 Å². The zero-order chi connectivity index (χ0) is 18.2. The number of nitrogens with zero attached hydrogens (tertiary/aromatic N) is 4. The molecule has 0 radical (unpaired) electrons. The second-order valence-corrected chi connectivity index (χ2v) is 7.57. The molecular formula is C20H29N5S. The number of nitrogens with one attached hydrogen (secondary N) is 1. The number of guanidine groups is 1. The van der Waals surface area contributed by atoms with Gasteiger partial charge in [0.1, 0.15) is 0 Å². The van der Waals surface area contributed by atoms with Gasteiger partial charge in [0.05, 0.1) is 5.01 Å². The van der Waals surface area contributed by atoms with Gasteiger partial charge < -0.3 is 15.1 Å². The van der Waals surface area contributed by atoms with Crippen LogP contribution in [0.3, 0.4) is 0 Å². The number of unbranched alkanes of at least 4 members (excludes halogenated alkanes) is 1. The molecule has 0 spiro atoms. The Hall–Kier alpha value is -2.08. The third-order valence-corrected chi connectivity index (χ3v) is 5.71. The Balaban J connectivity index is 1.37. The highest BCUT2D eigenvalue weighted by molar-refractivity contribution is 7.09. The number of hydrogen-bond donors (Lipinski definition) is 1. The highest BCUT2D eigenvalue weighted by Gasteiger charge is 2.19. The largest absolute Gasteiger partial charge is 0.368 e. The van der Waals surface area contributed by atoms with Crippen LogP contribution in [0.5, 0.6) is 0 Å². The van der Waals surface area contributed by atoms with E-state index in [9.17, 15) is 0 Å². The van der Waals surface area contributed by atoms with Crippen LogP contribution in [0.4, 0.5) is 5.69 Å². The number of piperazine rings is 1. The second-order valence-electron chi connectivity index (χ2n) is 6.62. The second kappa shape index (κ2) is 9.57. The molecule has 1 aliphatic heterocycles. The fourth-order valence-electron chi connectivity index (χ4n) is 3.27. The number of benzene rings is 1. The molecule has 0 aliphatic carbocycles. The lowest BCUT2D eigenvalue weighted by Gasteiger charge is -2.37. The Bertz CT molecular complexity index is 689. The van der Waals surface area contributed by atoms with Gasteiger partial charge in [-0.25, -0.2) is 4.98 Å². The average molecular weight is 372 g/mol. The number of anilines is 1. The van der Waals surface area contributed by atoms with Gasteiger partial charge in [-0.05, 0) is 38.3 Å². The van der Waals surface area contributed by atoms with E-state index in [1.807, 2.05) is 7.05 Å². The molecule has 5 nitrogen and oxygen atoms in total. The predicted molar refractivity (Wildman–Crippen MR) is 111 cm³/mol. The lowest BCUT2D eigenvalue weighted by atomic mass is 10.2. The maximum absolute atomic E-state index is 4.53. The molecule has 1 aliphatic rings. The van der Waals surface area contributed by atoms with E-state index in [2.05, 4.69) is 67.7 Å². The van der Waals surface area contributed by atoms with Gasteiger partial charge in [0.2, 0.25) is 0 Å². The molecule has 140 valence electrons. The number of aryl methyl sites for hydroxylation is 2. The first-order chi connectivity index (χ1) is 12.8. The summed E-state index contributed by atoms with van der Waals surface area (Å²) >= 11 is 1.77. The van der Waals surface area contributed by atoms with Crippen molar-refractivity contribution >= 4 is 23.0 Å². The first-order valence-electron chi connectivity index (χ1n) is 9.43. The van der Waals surface area contributed by atoms with Gasteiger partial charge in [0, 0.05) is 56.5 Å². The summed E-state index contributed by atoms with van der Waals surface area (Å²) in [7, 11) is 1.88. The topological polar surface area (TPSA) is 43.8 Å². The summed E-state index contributed by atoms with van der Waals surface area (Å²) in [5, 5.41) is 6.91. The summed E-state index contributed by atoms with van der Waals surface area (Å²) < 4.78 is 0. The number of rotatable bonds is 6. The molecule has 1 N–H and O–H groups in total. The molecule has 3 rings (SSSR count). The third-order valence-electron chi connectivity index (χ3n) is 4.68. The Morgan fingerprint density at radius 2 is 1.92 bits per heavy atom. The Kier molecular flexibility index (Phi) is 6.89. The van der Waals surface area contributed by atoms with Crippen LogP contribution in [0.2, 0.25) is 0 Å². The minimum atomic E-state index is 0.968.